The zero-order chi connectivity index (χ0) is 22.7. The van der Waals surface area contributed by atoms with E-state index in [2.05, 4.69) is 29.4 Å². The third-order valence-electron chi connectivity index (χ3n) is 5.74. The number of aryl methyl sites for hydroxylation is 2. The lowest BCUT2D eigenvalue weighted by molar-refractivity contribution is -0.136. The van der Waals surface area contributed by atoms with Crippen molar-refractivity contribution in [1.82, 2.24) is 4.98 Å². The van der Waals surface area contributed by atoms with E-state index in [4.69, 9.17) is 4.74 Å². The standard InChI is InChI=1S/C27H26N2O3/c1-17-5-4-6-20(9-17)26(30)11-19-8-7-18(2)23(10-19)15-28-24-13-21-12-22(27(31)32-3)14-25(21)29-16-24/h4-10,12-13,16,28H,11,14-15H2,1-3H3. The van der Waals surface area contributed by atoms with E-state index >= 15 is 0 Å². The molecule has 0 radical (unpaired) electrons. The minimum Gasteiger partial charge on any atom is -0.466 e. The van der Waals surface area contributed by atoms with Gasteiger partial charge in [0.1, 0.15) is 0 Å². The van der Waals surface area contributed by atoms with Gasteiger partial charge in [-0.1, -0.05) is 42.0 Å². The number of nitrogens with one attached hydrogen (secondary N) is 1. The number of hydrogen-bond acceptors (Lipinski definition) is 5. The fourth-order valence-corrected chi connectivity index (χ4v) is 3.89. The normalized spacial score (nSPS) is 12.2. The highest BCUT2D eigenvalue weighted by molar-refractivity contribution is 5.98. The number of benzene rings is 2. The van der Waals surface area contributed by atoms with Crippen molar-refractivity contribution in [2.45, 2.75) is 33.2 Å². The third-order valence-corrected chi connectivity index (χ3v) is 5.74. The Bertz CT molecular complexity index is 1230. The second-order valence-corrected chi connectivity index (χ2v) is 8.18. The quantitative estimate of drug-likeness (QED) is 0.432. The molecule has 4 rings (SSSR count). The summed E-state index contributed by atoms with van der Waals surface area (Å²) in [7, 11) is 1.39. The number of esters is 1. The highest BCUT2D eigenvalue weighted by Crippen LogP contribution is 2.26. The predicted octanol–water partition coefficient (Wildman–Crippen LogP) is 4.85. The largest absolute Gasteiger partial charge is 0.466 e. The summed E-state index contributed by atoms with van der Waals surface area (Å²) in [5.41, 5.74) is 8.43. The van der Waals surface area contributed by atoms with Gasteiger partial charge < -0.3 is 10.1 Å². The molecule has 0 saturated carbocycles. The minimum absolute atomic E-state index is 0.118. The first-order chi connectivity index (χ1) is 15.4. The van der Waals surface area contributed by atoms with Gasteiger partial charge in [-0.15, -0.1) is 0 Å². The van der Waals surface area contributed by atoms with Crippen LogP contribution in [0.5, 0.6) is 0 Å². The highest BCUT2D eigenvalue weighted by Gasteiger charge is 2.20. The summed E-state index contributed by atoms with van der Waals surface area (Å²) in [6, 6.07) is 15.9. The van der Waals surface area contributed by atoms with E-state index in [9.17, 15) is 9.59 Å². The Kier molecular flexibility index (Phi) is 6.17. The minimum atomic E-state index is -0.315. The van der Waals surface area contributed by atoms with E-state index in [0.717, 1.165) is 44.8 Å². The maximum absolute atomic E-state index is 12.7. The lowest BCUT2D eigenvalue weighted by Gasteiger charge is -2.12. The number of ketones is 1. The molecule has 162 valence electrons. The summed E-state index contributed by atoms with van der Waals surface area (Å²) in [6.45, 7) is 4.67. The van der Waals surface area contributed by atoms with E-state index < -0.39 is 0 Å². The van der Waals surface area contributed by atoms with Crippen LogP contribution in [-0.2, 0) is 28.9 Å². The molecule has 5 heteroatoms. The Balaban J connectivity index is 1.45. The monoisotopic (exact) mass is 426 g/mol. The lowest BCUT2D eigenvalue weighted by Crippen LogP contribution is -2.07. The predicted molar refractivity (Wildman–Crippen MR) is 126 cm³/mol. The molecule has 0 amide bonds. The number of methoxy groups -OCH3 is 1. The first-order valence-corrected chi connectivity index (χ1v) is 10.6. The molecule has 1 N–H and O–H groups in total. The van der Waals surface area contributed by atoms with Crippen molar-refractivity contribution < 1.29 is 14.3 Å². The second-order valence-electron chi connectivity index (χ2n) is 8.18. The molecule has 0 aliphatic heterocycles. The average Bonchev–Trinajstić information content (AvgIpc) is 3.22. The van der Waals surface area contributed by atoms with Crippen molar-refractivity contribution in [3.8, 4) is 0 Å². The summed E-state index contributed by atoms with van der Waals surface area (Å²) in [6.07, 6.45) is 4.49. The molecule has 1 aliphatic carbocycles. The number of carbonyl (C=O) groups excluding carboxylic acids is 2. The molecule has 0 bridgehead atoms. The summed E-state index contributed by atoms with van der Waals surface area (Å²) >= 11 is 0. The summed E-state index contributed by atoms with van der Waals surface area (Å²) < 4.78 is 4.81. The molecular formula is C27H26N2O3. The smallest absolute Gasteiger partial charge is 0.334 e. The van der Waals surface area contributed by atoms with Gasteiger partial charge in [0.15, 0.2) is 5.78 Å². The number of rotatable bonds is 7. The number of pyridine rings is 1. The molecule has 0 saturated heterocycles. The van der Waals surface area contributed by atoms with E-state index in [0.29, 0.717) is 25.0 Å². The SMILES string of the molecule is COC(=O)C1=Cc2cc(NCc3cc(CC(=O)c4cccc(C)c4)ccc3C)cnc2C1. The summed E-state index contributed by atoms with van der Waals surface area (Å²) in [4.78, 5) is 28.9. The molecule has 32 heavy (non-hydrogen) atoms. The van der Waals surface area contributed by atoms with Crippen LogP contribution in [0, 0.1) is 13.8 Å². The average molecular weight is 427 g/mol. The highest BCUT2D eigenvalue weighted by atomic mass is 16.5. The van der Waals surface area contributed by atoms with Crippen molar-refractivity contribution >= 4 is 23.5 Å². The van der Waals surface area contributed by atoms with Crippen molar-refractivity contribution in [3.63, 3.8) is 0 Å². The Morgan fingerprint density at radius 3 is 2.72 bits per heavy atom. The Morgan fingerprint density at radius 2 is 1.94 bits per heavy atom. The van der Waals surface area contributed by atoms with Crippen LogP contribution < -0.4 is 5.32 Å². The molecule has 1 aromatic heterocycles. The van der Waals surface area contributed by atoms with E-state index in [1.54, 1.807) is 6.20 Å². The van der Waals surface area contributed by atoms with Crippen LogP contribution in [0.15, 0.2) is 60.3 Å². The van der Waals surface area contributed by atoms with Gasteiger partial charge in [0.2, 0.25) is 0 Å². The van der Waals surface area contributed by atoms with Crippen molar-refractivity contribution in [3.05, 3.63) is 99.4 Å². The third kappa shape index (κ3) is 4.78. The van der Waals surface area contributed by atoms with E-state index in [-0.39, 0.29) is 11.8 Å². The van der Waals surface area contributed by atoms with Gasteiger partial charge in [-0.3, -0.25) is 9.78 Å². The van der Waals surface area contributed by atoms with Crippen molar-refractivity contribution in [2.75, 3.05) is 12.4 Å². The molecule has 5 nitrogen and oxygen atoms in total. The molecule has 3 aromatic rings. The Labute approximate surface area is 188 Å². The number of ether oxygens (including phenoxy) is 1. The molecule has 1 aliphatic rings. The van der Waals surface area contributed by atoms with Gasteiger partial charge in [0, 0.05) is 30.5 Å². The molecule has 0 spiro atoms. The van der Waals surface area contributed by atoms with Crippen LogP contribution >= 0.6 is 0 Å². The van der Waals surface area contributed by atoms with Crippen molar-refractivity contribution in [1.29, 1.82) is 0 Å². The lowest BCUT2D eigenvalue weighted by atomic mass is 9.98. The van der Waals surface area contributed by atoms with Crippen LogP contribution in [0.1, 0.15) is 43.9 Å². The topological polar surface area (TPSA) is 68.3 Å². The molecular weight excluding hydrogens is 400 g/mol. The fraction of sp³-hybridized carbons (Fsp3) is 0.222. The van der Waals surface area contributed by atoms with Gasteiger partial charge in [0.25, 0.3) is 0 Å². The number of aromatic nitrogens is 1. The fourth-order valence-electron chi connectivity index (χ4n) is 3.89. The maximum atomic E-state index is 12.7. The summed E-state index contributed by atoms with van der Waals surface area (Å²) in [5.74, 6) is -0.197. The molecule has 0 fully saturated rings. The molecule has 0 atom stereocenters. The van der Waals surface area contributed by atoms with Gasteiger partial charge in [0.05, 0.1) is 24.7 Å². The van der Waals surface area contributed by atoms with Crippen LogP contribution in [-0.4, -0.2) is 23.8 Å². The van der Waals surface area contributed by atoms with Crippen LogP contribution in [0.2, 0.25) is 0 Å². The number of nitrogens with zero attached hydrogens (tertiary/aromatic N) is 1. The second kappa shape index (κ2) is 9.18. The van der Waals surface area contributed by atoms with Crippen LogP contribution in [0.4, 0.5) is 5.69 Å². The first kappa shape index (κ1) is 21.5. The van der Waals surface area contributed by atoms with E-state index in [1.807, 2.05) is 49.4 Å². The van der Waals surface area contributed by atoms with Gasteiger partial charge in [-0.05, 0) is 54.3 Å². The van der Waals surface area contributed by atoms with Gasteiger partial charge in [-0.2, -0.15) is 0 Å². The number of Topliss-reactive ketones (excluding diaryl/α,β-unsaturated/α-hetero) is 1. The zero-order valence-corrected chi connectivity index (χ0v) is 18.6. The van der Waals surface area contributed by atoms with Gasteiger partial charge in [-0.25, -0.2) is 4.79 Å². The van der Waals surface area contributed by atoms with Crippen molar-refractivity contribution in [2.24, 2.45) is 0 Å². The Morgan fingerprint density at radius 1 is 1.09 bits per heavy atom. The number of anilines is 1. The maximum Gasteiger partial charge on any atom is 0.334 e. The molecule has 2 aromatic carbocycles. The number of hydrogen-bond donors (Lipinski definition) is 1. The molecule has 1 heterocycles. The molecule has 0 unspecified atom stereocenters. The Hall–Kier alpha value is -3.73. The first-order valence-electron chi connectivity index (χ1n) is 10.6. The van der Waals surface area contributed by atoms with Gasteiger partial charge >= 0.3 is 5.97 Å². The summed E-state index contributed by atoms with van der Waals surface area (Å²) in [5, 5.41) is 3.42. The number of fused-ring (bicyclic) bond motifs is 1. The van der Waals surface area contributed by atoms with E-state index in [1.165, 1.54) is 7.11 Å². The van der Waals surface area contributed by atoms with Crippen LogP contribution in [0.3, 0.4) is 0 Å². The van der Waals surface area contributed by atoms with Crippen LogP contribution in [0.25, 0.3) is 6.08 Å². The zero-order valence-electron chi connectivity index (χ0n) is 18.6. The number of carbonyl (C=O) groups is 2.